The molecule has 0 aliphatic carbocycles. The average Bonchev–Trinajstić information content (AvgIpc) is 2.57. The molecule has 0 amide bonds. The van der Waals surface area contributed by atoms with Gasteiger partial charge in [-0.15, -0.1) is 10.1 Å². The van der Waals surface area contributed by atoms with Crippen LogP contribution in [0.3, 0.4) is 0 Å². The van der Waals surface area contributed by atoms with Crippen LogP contribution in [0.2, 0.25) is 0 Å². The molecular formula is C12H24N2O13P2. The number of rotatable bonds is 15. The fourth-order valence-corrected chi connectivity index (χ4v) is 4.18. The molecule has 0 aliphatic heterocycles. The van der Waals surface area contributed by atoms with E-state index in [4.69, 9.17) is 30.0 Å². The van der Waals surface area contributed by atoms with Gasteiger partial charge in [-0.3, -0.25) is 18.7 Å². The maximum Gasteiger partial charge on any atom is 0.369 e. The largest absolute Gasteiger partial charge is 0.466 e. The van der Waals surface area contributed by atoms with E-state index >= 15 is 0 Å². The van der Waals surface area contributed by atoms with Crippen molar-refractivity contribution in [2.75, 3.05) is 13.2 Å². The van der Waals surface area contributed by atoms with Crippen molar-refractivity contribution in [2.45, 2.75) is 49.6 Å². The van der Waals surface area contributed by atoms with Crippen molar-refractivity contribution in [1.82, 2.24) is 0 Å². The Labute approximate surface area is 164 Å². The van der Waals surface area contributed by atoms with Crippen molar-refractivity contribution in [3.05, 3.63) is 10.1 Å². The Bertz CT molecular complexity index is 651. The first-order valence-corrected chi connectivity index (χ1v) is 11.4. The molecule has 0 spiro atoms. The van der Waals surface area contributed by atoms with E-state index < -0.39 is 62.4 Å². The molecule has 0 rings (SSSR count). The number of nitrogens with zero attached hydrogens (tertiary/aromatic N) is 1. The zero-order valence-corrected chi connectivity index (χ0v) is 16.9. The summed E-state index contributed by atoms with van der Waals surface area (Å²) in [5, 5.41) is 15.0. The van der Waals surface area contributed by atoms with Gasteiger partial charge in [-0.2, -0.15) is 0 Å². The first kappa shape index (κ1) is 27.6. The number of hydrogen-bond acceptors (Lipinski definition) is 10. The van der Waals surface area contributed by atoms with Gasteiger partial charge in [0, 0.05) is 12.8 Å². The highest BCUT2D eigenvalue weighted by atomic mass is 31.2. The van der Waals surface area contributed by atoms with Crippen LogP contribution in [0.5, 0.6) is 0 Å². The molecule has 0 bridgehead atoms. The number of esters is 1. The lowest BCUT2D eigenvalue weighted by molar-refractivity contribution is -0.757. The van der Waals surface area contributed by atoms with Crippen LogP contribution in [0, 0.1) is 10.1 Å². The topological polar surface area (TPSA) is 257 Å². The van der Waals surface area contributed by atoms with Gasteiger partial charge >= 0.3 is 21.2 Å². The summed E-state index contributed by atoms with van der Waals surface area (Å²) in [4.78, 5) is 73.3. The van der Waals surface area contributed by atoms with Gasteiger partial charge in [-0.05, 0) is 19.3 Å². The van der Waals surface area contributed by atoms with Crippen molar-refractivity contribution in [2.24, 2.45) is 5.73 Å². The molecule has 0 fully saturated rings. The van der Waals surface area contributed by atoms with Crippen LogP contribution in [-0.2, 0) is 28.3 Å². The number of ether oxygens (including phenoxy) is 1. The van der Waals surface area contributed by atoms with E-state index in [1.54, 1.807) is 0 Å². The number of aliphatic hydroxyl groups is 1. The lowest BCUT2D eigenvalue weighted by Crippen LogP contribution is -2.36. The van der Waals surface area contributed by atoms with E-state index in [-0.39, 0.29) is 32.5 Å². The number of carbonyl (C=O) groups is 2. The lowest BCUT2D eigenvalue weighted by Gasteiger charge is -2.29. The van der Waals surface area contributed by atoms with E-state index in [1.165, 1.54) is 0 Å². The first-order valence-electron chi connectivity index (χ1n) is 8.16. The summed E-state index contributed by atoms with van der Waals surface area (Å²) < 4.78 is 27.2. The third kappa shape index (κ3) is 9.74. The molecule has 170 valence electrons. The maximum absolute atomic E-state index is 11.9. The molecule has 0 aliphatic rings. The van der Waals surface area contributed by atoms with Gasteiger partial charge in [-0.1, -0.05) is 0 Å². The highest BCUT2D eigenvalue weighted by Crippen LogP contribution is 2.69. The molecular weight excluding hydrogens is 442 g/mol. The third-order valence-electron chi connectivity index (χ3n) is 3.71. The second-order valence-electron chi connectivity index (χ2n) is 5.96. The van der Waals surface area contributed by atoms with Crippen LogP contribution in [0.25, 0.3) is 0 Å². The lowest BCUT2D eigenvalue weighted by atomic mass is 10.0. The summed E-state index contributed by atoms with van der Waals surface area (Å²) in [6.07, 6.45) is -2.04. The summed E-state index contributed by atoms with van der Waals surface area (Å²) in [5.74, 6) is -1.51. The van der Waals surface area contributed by atoms with Gasteiger partial charge in [0.2, 0.25) is 0 Å². The van der Waals surface area contributed by atoms with Gasteiger partial charge < -0.3 is 40.0 Å². The van der Waals surface area contributed by atoms with E-state index in [0.717, 1.165) is 0 Å². The Kier molecular flexibility index (Phi) is 11.1. The summed E-state index contributed by atoms with van der Waals surface area (Å²) in [7, 11) is -11.3. The number of carbonyl (C=O) groups excluding carboxylic acids is 2. The molecule has 0 radical (unpaired) electrons. The summed E-state index contributed by atoms with van der Waals surface area (Å²) in [6, 6.07) is -1.44. The molecule has 1 unspecified atom stereocenters. The molecule has 15 nitrogen and oxygen atoms in total. The minimum Gasteiger partial charge on any atom is -0.466 e. The Morgan fingerprint density at radius 2 is 1.59 bits per heavy atom. The van der Waals surface area contributed by atoms with Crippen molar-refractivity contribution in [1.29, 1.82) is 0 Å². The summed E-state index contributed by atoms with van der Waals surface area (Å²) >= 11 is 0. The van der Waals surface area contributed by atoms with Crippen LogP contribution in [-0.4, -0.2) is 65.9 Å². The minimum atomic E-state index is -5.65. The molecule has 0 aromatic heterocycles. The molecule has 17 heteroatoms. The van der Waals surface area contributed by atoms with Crippen LogP contribution >= 0.6 is 15.2 Å². The molecule has 0 aromatic rings. The van der Waals surface area contributed by atoms with Crippen LogP contribution in [0.4, 0.5) is 0 Å². The highest BCUT2D eigenvalue weighted by Gasteiger charge is 2.58. The second kappa shape index (κ2) is 11.7. The van der Waals surface area contributed by atoms with Gasteiger partial charge in [0.15, 0.2) is 0 Å². The van der Waals surface area contributed by atoms with E-state index in [2.05, 4.69) is 4.84 Å². The molecule has 0 saturated heterocycles. The summed E-state index contributed by atoms with van der Waals surface area (Å²) in [5.41, 5.74) is 5.49. The molecule has 0 heterocycles. The van der Waals surface area contributed by atoms with E-state index in [0.29, 0.717) is 0 Å². The summed E-state index contributed by atoms with van der Waals surface area (Å²) in [6.45, 7) is -0.217. The zero-order chi connectivity index (χ0) is 22.9. The second-order valence-corrected chi connectivity index (χ2v) is 9.97. The van der Waals surface area contributed by atoms with Crippen molar-refractivity contribution < 1.29 is 58.1 Å². The van der Waals surface area contributed by atoms with Gasteiger partial charge in [0.25, 0.3) is 10.2 Å². The number of Topliss-reactive ketones (excluding diaryl/α,β-unsaturated/α-hetero) is 1. The number of nitrogens with two attached hydrogens (primary N) is 1. The fraction of sp³-hybridized carbons (Fsp3) is 0.833. The van der Waals surface area contributed by atoms with Crippen LogP contribution < -0.4 is 5.73 Å². The highest BCUT2D eigenvalue weighted by molar-refractivity contribution is 7.72. The smallest absolute Gasteiger partial charge is 0.369 e. The Balaban J connectivity index is 4.34. The van der Waals surface area contributed by atoms with Crippen molar-refractivity contribution >= 4 is 26.9 Å². The van der Waals surface area contributed by atoms with Gasteiger partial charge in [0.1, 0.15) is 5.78 Å². The van der Waals surface area contributed by atoms with Gasteiger partial charge in [0.05, 0.1) is 25.7 Å². The predicted molar refractivity (Wildman–Crippen MR) is 93.6 cm³/mol. The maximum atomic E-state index is 11.9. The Morgan fingerprint density at radius 3 is 2.07 bits per heavy atom. The SMILES string of the molecule is NC(CCC(O)(P(=O)(O)O)P(=O)(O)O)C(=O)CCC(=O)OCCCCO[N+](=O)[O-]. The molecule has 0 aromatic carbocycles. The van der Waals surface area contributed by atoms with Gasteiger partial charge in [-0.25, -0.2) is 0 Å². The Morgan fingerprint density at radius 1 is 1.07 bits per heavy atom. The van der Waals surface area contributed by atoms with Crippen LogP contribution in [0.15, 0.2) is 0 Å². The van der Waals surface area contributed by atoms with Crippen molar-refractivity contribution in [3.63, 3.8) is 0 Å². The predicted octanol–water partition coefficient (Wildman–Crippen LogP) is -1.02. The van der Waals surface area contributed by atoms with Crippen molar-refractivity contribution in [3.8, 4) is 0 Å². The fourth-order valence-electron chi connectivity index (χ4n) is 1.98. The van der Waals surface area contributed by atoms with E-state index in [9.17, 15) is 33.9 Å². The molecule has 7 N–H and O–H groups in total. The minimum absolute atomic E-state index is 0.0578. The average molecular weight is 466 g/mol. The molecule has 0 saturated carbocycles. The van der Waals surface area contributed by atoms with Crippen LogP contribution in [0.1, 0.15) is 38.5 Å². The zero-order valence-electron chi connectivity index (χ0n) is 15.2. The normalized spacial score (nSPS) is 13.6. The third-order valence-corrected chi connectivity index (χ3v) is 7.59. The molecule has 29 heavy (non-hydrogen) atoms. The van der Waals surface area contributed by atoms with E-state index in [1.807, 2.05) is 0 Å². The monoisotopic (exact) mass is 466 g/mol. The quantitative estimate of drug-likeness (QED) is 0.0555. The number of unbranched alkanes of at least 4 members (excludes halogenated alkanes) is 1. The number of ketones is 1. The standard InChI is InChI=1S/C12H24N2O13P2/c13-9(5-6-12(17,28(20,21)22)29(23,24)25)10(15)3-4-11(16)26-7-1-2-8-27-14(18)19/h9,17H,1-8,13H2,(H2,20,21,22)(H2,23,24,25). The first-order chi connectivity index (χ1) is 13.1. The molecule has 1 atom stereocenters. The Hall–Kier alpha value is -1.44. The number of hydrogen-bond donors (Lipinski definition) is 6.